The van der Waals surface area contributed by atoms with Crippen LogP contribution in [0.2, 0.25) is 0 Å². The van der Waals surface area contributed by atoms with Crippen LogP contribution in [0.5, 0.6) is 0 Å². The number of aromatic nitrogens is 4. The zero-order valence-electron chi connectivity index (χ0n) is 50.2. The number of hydrogen-bond donors (Lipinski definition) is 0. The van der Waals surface area contributed by atoms with Gasteiger partial charge in [0.15, 0.2) is 0 Å². The molecule has 10 nitrogen and oxygen atoms in total. The van der Waals surface area contributed by atoms with Gasteiger partial charge in [0.25, 0.3) is 0 Å². The standard InChI is InChI=1S/C28H27N2.C24H19N2.2C11H9N3.3Ir/c1-18-9-8-10-19(2)26(18)25-17-29-27-22-12-7-6-11-21(22)23-15-20(16-28(3,4)5)13-14-24(23)30(25)27;1-15-11-12-21-20(13-15)18-9-4-5-10-19(18)24-25-14-22(26(21)24)23-16(2)7-6-8-17(23)3;2*1-13-6-7-14(9-13)11-4-2-10(8-12)3-5-11;;;/h6-11,13-15,17H,16H2,1-5H3;4-9,11-14H,1-3H3;2*2-4,6-7,9H,1H3;;;/q2*-1;2*-2;;;. The maximum atomic E-state index is 8.62. The maximum absolute atomic E-state index is 8.62. The predicted molar refractivity (Wildman–Crippen MR) is 343 cm³/mol. The van der Waals surface area contributed by atoms with Crippen molar-refractivity contribution in [1.82, 2.24) is 28.6 Å². The number of nitrogens with zero attached hydrogens (tertiary/aromatic N) is 10. The largest absolute Gasteiger partial charge is 0.510 e. The van der Waals surface area contributed by atoms with Gasteiger partial charge in [0.05, 0.1) is 22.7 Å². The Hall–Kier alpha value is -8.21. The van der Waals surface area contributed by atoms with Gasteiger partial charge in [-0.15, -0.1) is 82.8 Å². The monoisotopic (exact) mass is 1670 g/mol. The number of imidazole rings is 2. The molecule has 8 aromatic carbocycles. The molecule has 443 valence electrons. The topological polar surface area (TPSA) is 95.1 Å². The summed E-state index contributed by atoms with van der Waals surface area (Å²) < 4.78 is 4.62. The van der Waals surface area contributed by atoms with Gasteiger partial charge in [0, 0.05) is 107 Å². The third-order valence-electron chi connectivity index (χ3n) is 15.1. The van der Waals surface area contributed by atoms with Gasteiger partial charge >= 0.3 is 0 Å². The van der Waals surface area contributed by atoms with Crippen molar-refractivity contribution < 1.29 is 60.3 Å². The molecule has 87 heavy (non-hydrogen) atoms. The molecule has 0 spiro atoms. The van der Waals surface area contributed by atoms with Crippen molar-refractivity contribution in [3.05, 3.63) is 265 Å². The first kappa shape index (κ1) is 64.8. The molecule has 6 heterocycles. The summed E-state index contributed by atoms with van der Waals surface area (Å²) in [7, 11) is 3.92. The van der Waals surface area contributed by atoms with Crippen LogP contribution in [0.1, 0.15) is 65.3 Å². The van der Waals surface area contributed by atoms with Crippen molar-refractivity contribution in [2.45, 2.75) is 61.8 Å². The van der Waals surface area contributed by atoms with Crippen molar-refractivity contribution >= 4 is 66.0 Å². The predicted octanol–water partition coefficient (Wildman–Crippen LogP) is 16.7. The number of fused-ring (bicyclic) bond motifs is 12. The van der Waals surface area contributed by atoms with E-state index >= 15 is 0 Å². The molecule has 0 amide bonds. The molecule has 2 aliphatic heterocycles. The van der Waals surface area contributed by atoms with E-state index in [4.69, 9.17) is 20.5 Å². The summed E-state index contributed by atoms with van der Waals surface area (Å²) in [5.41, 5.74) is 20.2. The fourth-order valence-corrected chi connectivity index (χ4v) is 11.3. The van der Waals surface area contributed by atoms with Gasteiger partial charge in [-0.25, -0.2) is 10.5 Å². The van der Waals surface area contributed by atoms with Gasteiger partial charge in [-0.1, -0.05) is 109 Å². The third kappa shape index (κ3) is 13.7. The number of rotatable bonds is 5. The molecule has 0 saturated heterocycles. The van der Waals surface area contributed by atoms with E-state index < -0.39 is 0 Å². The van der Waals surface area contributed by atoms with Crippen molar-refractivity contribution in [2.24, 2.45) is 5.41 Å². The molecule has 13 heteroatoms. The first-order chi connectivity index (χ1) is 40.6. The smallest absolute Gasteiger partial charge is 0.0639 e. The molecule has 0 atom stereocenters. The van der Waals surface area contributed by atoms with E-state index in [9.17, 15) is 0 Å². The average molecular weight is 1670 g/mol. The fourth-order valence-electron chi connectivity index (χ4n) is 11.3. The Morgan fingerprint density at radius 3 is 1.32 bits per heavy atom. The minimum atomic E-state index is 0. The Labute approximate surface area is 551 Å². The van der Waals surface area contributed by atoms with Crippen LogP contribution >= 0.6 is 0 Å². The molecule has 0 bridgehead atoms. The van der Waals surface area contributed by atoms with Crippen LogP contribution in [-0.2, 0) is 66.7 Å². The van der Waals surface area contributed by atoms with Gasteiger partial charge in [-0.2, -0.15) is 49.7 Å². The second kappa shape index (κ2) is 27.7. The van der Waals surface area contributed by atoms with Crippen LogP contribution in [0, 0.1) is 100 Å². The molecule has 0 saturated carbocycles. The number of nitriles is 2. The van der Waals surface area contributed by atoms with Crippen LogP contribution in [0.25, 0.3) is 77.2 Å². The molecule has 0 N–H and O–H groups in total. The SMILES string of the molecule is CN1C=CN(c2[c-]cc(C#N)cc2)[CH-]1.CN1C=CN(c2[c-]cc(C#N)cc2)[CH-]1.Cc1ccc2c(c1)c1ccc[c-]c1c1ncc(-c3c(C)cccc3C)n21.Cc1cccc(C)c1-c1cnc2c3[c-]cccc3c3cc(CC(C)(C)C)ccc3n12.[Ir].[Ir].[Ir]. The Morgan fingerprint density at radius 1 is 0.494 bits per heavy atom. The molecule has 0 unspecified atom stereocenters. The summed E-state index contributed by atoms with van der Waals surface area (Å²) in [4.78, 5) is 17.5. The molecular formula is C74H64Ir3N10-6. The van der Waals surface area contributed by atoms with E-state index in [0.29, 0.717) is 11.1 Å². The van der Waals surface area contributed by atoms with E-state index in [1.165, 1.54) is 77.1 Å². The van der Waals surface area contributed by atoms with Crippen molar-refractivity contribution in [3.63, 3.8) is 0 Å². The van der Waals surface area contributed by atoms with Crippen molar-refractivity contribution in [3.8, 4) is 34.7 Å². The molecule has 0 aliphatic carbocycles. The van der Waals surface area contributed by atoms with Gasteiger partial charge in [-0.3, -0.25) is 9.97 Å². The molecule has 4 aromatic heterocycles. The van der Waals surface area contributed by atoms with Crippen molar-refractivity contribution in [2.75, 3.05) is 23.9 Å². The Bertz CT molecular complexity index is 4480. The summed E-state index contributed by atoms with van der Waals surface area (Å²) in [6.07, 6.45) is 12.9. The van der Waals surface area contributed by atoms with Crippen LogP contribution < -0.4 is 9.80 Å². The first-order valence-corrected chi connectivity index (χ1v) is 28.0. The maximum Gasteiger partial charge on any atom is 0.0639 e. The Balaban J connectivity index is 0.000000157. The first-order valence-electron chi connectivity index (χ1n) is 28.0. The van der Waals surface area contributed by atoms with E-state index in [2.05, 4.69) is 198 Å². The molecule has 0 fully saturated rings. The van der Waals surface area contributed by atoms with E-state index in [-0.39, 0.29) is 65.7 Å². The van der Waals surface area contributed by atoms with Gasteiger partial charge in [0.1, 0.15) is 0 Å². The molecule has 14 rings (SSSR count). The Morgan fingerprint density at radius 2 is 0.931 bits per heavy atom. The van der Waals surface area contributed by atoms with E-state index in [1.54, 1.807) is 24.3 Å². The van der Waals surface area contributed by atoms with E-state index in [0.717, 1.165) is 51.3 Å². The summed E-state index contributed by atoms with van der Waals surface area (Å²) in [6.45, 7) is 21.6. The normalized spacial score (nSPS) is 12.4. The summed E-state index contributed by atoms with van der Waals surface area (Å²) in [5, 5.41) is 24.3. The number of benzene rings is 8. The quantitative estimate of drug-likeness (QED) is 0.124. The van der Waals surface area contributed by atoms with E-state index in [1.807, 2.05) is 108 Å². The fraction of sp³-hybridized carbons (Fsp3) is 0.162. The number of pyridine rings is 2. The van der Waals surface area contributed by atoms with Crippen LogP contribution in [-0.4, -0.2) is 42.7 Å². The number of anilines is 2. The van der Waals surface area contributed by atoms with Gasteiger partial charge in [0.2, 0.25) is 0 Å². The van der Waals surface area contributed by atoms with Crippen LogP contribution in [0.4, 0.5) is 11.4 Å². The molecule has 3 radical (unpaired) electrons. The number of aryl methyl sites for hydroxylation is 5. The zero-order chi connectivity index (χ0) is 58.8. The minimum Gasteiger partial charge on any atom is -0.510 e. The summed E-state index contributed by atoms with van der Waals surface area (Å²) in [5.74, 6) is 0. The minimum absolute atomic E-state index is 0. The second-order valence-corrected chi connectivity index (χ2v) is 22.8. The molecular weight excluding hydrogens is 1610 g/mol. The van der Waals surface area contributed by atoms with Crippen molar-refractivity contribution in [1.29, 1.82) is 10.5 Å². The van der Waals surface area contributed by atoms with Gasteiger partial charge in [-0.05, 0) is 136 Å². The molecule has 12 aromatic rings. The number of hydrogen-bond acceptors (Lipinski definition) is 8. The Kier molecular flexibility index (Phi) is 20.6. The van der Waals surface area contributed by atoms with Crippen LogP contribution in [0.15, 0.2) is 183 Å². The molecule has 2 aliphatic rings. The zero-order valence-corrected chi connectivity index (χ0v) is 57.3. The second-order valence-electron chi connectivity index (χ2n) is 22.8. The van der Waals surface area contributed by atoms with Gasteiger partial charge < -0.3 is 28.4 Å². The average Bonchev–Trinajstić information content (AvgIpc) is 1.71. The summed E-state index contributed by atoms with van der Waals surface area (Å²) in [6, 6.07) is 66.7. The third-order valence-corrected chi connectivity index (χ3v) is 15.1. The summed E-state index contributed by atoms with van der Waals surface area (Å²) >= 11 is 0. The van der Waals surface area contributed by atoms with Crippen LogP contribution in [0.3, 0.4) is 0 Å².